The van der Waals surface area contributed by atoms with Gasteiger partial charge in [0, 0.05) is 13.1 Å². The highest BCUT2D eigenvalue weighted by Crippen LogP contribution is 2.18. The number of hydrogen-bond acceptors (Lipinski definition) is 4. The summed E-state index contributed by atoms with van der Waals surface area (Å²) in [6, 6.07) is 5.72. The summed E-state index contributed by atoms with van der Waals surface area (Å²) in [6.07, 6.45) is 2.15. The van der Waals surface area contributed by atoms with Crippen molar-refractivity contribution in [3.05, 3.63) is 24.3 Å². The summed E-state index contributed by atoms with van der Waals surface area (Å²) < 4.78 is 26.8. The minimum Gasteiger partial charge on any atom is -0.508 e. The molecule has 0 amide bonds. The summed E-state index contributed by atoms with van der Waals surface area (Å²) in [5, 5.41) is 9.33. The van der Waals surface area contributed by atoms with Crippen LogP contribution in [0.3, 0.4) is 0 Å². The summed E-state index contributed by atoms with van der Waals surface area (Å²) in [6.45, 7) is 2.45. The lowest BCUT2D eigenvalue weighted by Crippen LogP contribution is -2.39. The first-order valence-electron chi connectivity index (χ1n) is 6.44. The maximum absolute atomic E-state index is 12.1. The normalized spacial score (nSPS) is 21.4. The fourth-order valence-corrected chi connectivity index (χ4v) is 3.56. The molecule has 6 heteroatoms. The number of likely N-dealkylation sites (tertiary alicyclic amines) is 1. The van der Waals surface area contributed by atoms with E-state index in [0.717, 1.165) is 25.9 Å². The Kier molecular flexibility index (Phi) is 4.44. The monoisotopic (exact) mass is 284 g/mol. The van der Waals surface area contributed by atoms with Gasteiger partial charge in [-0.2, -0.15) is 0 Å². The van der Waals surface area contributed by atoms with Crippen LogP contribution in [0.1, 0.15) is 12.8 Å². The van der Waals surface area contributed by atoms with Crippen LogP contribution in [0.4, 0.5) is 0 Å². The molecule has 1 aliphatic rings. The van der Waals surface area contributed by atoms with Crippen LogP contribution in [0.15, 0.2) is 29.2 Å². The third kappa shape index (κ3) is 3.92. The SMILES string of the molecule is CN1CCCC(CNS(=O)(=O)c2cccc(O)c2)C1. The van der Waals surface area contributed by atoms with Gasteiger partial charge in [-0.1, -0.05) is 6.07 Å². The summed E-state index contributed by atoms with van der Waals surface area (Å²) in [5.74, 6) is 0.311. The summed E-state index contributed by atoms with van der Waals surface area (Å²) in [7, 11) is -1.48. The maximum Gasteiger partial charge on any atom is 0.240 e. The van der Waals surface area contributed by atoms with Crippen LogP contribution in [0.2, 0.25) is 0 Å². The number of piperidine rings is 1. The fourth-order valence-electron chi connectivity index (χ4n) is 2.40. The van der Waals surface area contributed by atoms with Crippen LogP contribution in [-0.2, 0) is 10.0 Å². The number of sulfonamides is 1. The average molecular weight is 284 g/mol. The molecule has 0 saturated carbocycles. The second kappa shape index (κ2) is 5.90. The van der Waals surface area contributed by atoms with Crippen molar-refractivity contribution < 1.29 is 13.5 Å². The minimum atomic E-state index is -3.53. The minimum absolute atomic E-state index is 0.0414. The van der Waals surface area contributed by atoms with E-state index in [0.29, 0.717) is 12.5 Å². The van der Waals surface area contributed by atoms with E-state index in [1.165, 1.54) is 24.3 Å². The molecule has 1 saturated heterocycles. The van der Waals surface area contributed by atoms with Crippen molar-refractivity contribution in [1.29, 1.82) is 0 Å². The van der Waals surface area contributed by atoms with Gasteiger partial charge in [-0.05, 0) is 50.6 Å². The Morgan fingerprint density at radius 3 is 2.95 bits per heavy atom. The molecular weight excluding hydrogens is 264 g/mol. The van der Waals surface area contributed by atoms with Crippen LogP contribution in [0.25, 0.3) is 0 Å². The van der Waals surface area contributed by atoms with E-state index >= 15 is 0 Å². The van der Waals surface area contributed by atoms with Crippen molar-refractivity contribution in [1.82, 2.24) is 9.62 Å². The Balaban J connectivity index is 1.98. The molecule has 0 spiro atoms. The van der Waals surface area contributed by atoms with E-state index in [-0.39, 0.29) is 10.6 Å². The molecule has 1 aromatic carbocycles. The highest BCUT2D eigenvalue weighted by molar-refractivity contribution is 7.89. The molecule has 106 valence electrons. The quantitative estimate of drug-likeness (QED) is 0.866. The third-order valence-electron chi connectivity index (χ3n) is 3.41. The second-order valence-corrected chi connectivity index (χ2v) is 6.89. The molecule has 0 bridgehead atoms. The third-order valence-corrected chi connectivity index (χ3v) is 4.83. The molecule has 2 N–H and O–H groups in total. The van der Waals surface area contributed by atoms with Gasteiger partial charge in [-0.15, -0.1) is 0 Å². The predicted octanol–water partition coefficient (Wildman–Crippen LogP) is 1.01. The number of phenolic OH excluding ortho intramolecular Hbond substituents is 1. The van der Waals surface area contributed by atoms with Crippen molar-refractivity contribution in [2.75, 3.05) is 26.7 Å². The number of nitrogens with zero attached hydrogens (tertiary/aromatic N) is 1. The molecule has 19 heavy (non-hydrogen) atoms. The van der Waals surface area contributed by atoms with Gasteiger partial charge in [0.15, 0.2) is 0 Å². The van der Waals surface area contributed by atoms with Crippen LogP contribution < -0.4 is 4.72 Å². The largest absolute Gasteiger partial charge is 0.508 e. The average Bonchev–Trinajstić information content (AvgIpc) is 2.37. The standard InChI is InChI=1S/C13H20N2O3S/c1-15-7-3-4-11(10-15)9-14-19(17,18)13-6-2-5-12(16)8-13/h2,5-6,8,11,14,16H,3-4,7,9-10H2,1H3. The zero-order chi connectivity index (χ0) is 13.9. The van der Waals surface area contributed by atoms with Crippen molar-refractivity contribution >= 4 is 10.0 Å². The topological polar surface area (TPSA) is 69.6 Å². The molecule has 1 atom stereocenters. The second-order valence-electron chi connectivity index (χ2n) is 5.12. The molecule has 1 aliphatic heterocycles. The summed E-state index contributed by atoms with van der Waals surface area (Å²) in [5.41, 5.74) is 0. The zero-order valence-electron chi connectivity index (χ0n) is 11.0. The predicted molar refractivity (Wildman–Crippen MR) is 73.5 cm³/mol. The van der Waals surface area contributed by atoms with Gasteiger partial charge in [-0.25, -0.2) is 13.1 Å². The summed E-state index contributed by atoms with van der Waals surface area (Å²) >= 11 is 0. The van der Waals surface area contributed by atoms with Gasteiger partial charge in [0.2, 0.25) is 10.0 Å². The van der Waals surface area contributed by atoms with Crippen LogP contribution in [0.5, 0.6) is 5.75 Å². The first kappa shape index (κ1) is 14.3. The first-order valence-corrected chi connectivity index (χ1v) is 7.93. The maximum atomic E-state index is 12.1. The van der Waals surface area contributed by atoms with Crippen LogP contribution >= 0.6 is 0 Å². The van der Waals surface area contributed by atoms with E-state index in [1.54, 1.807) is 0 Å². The number of aromatic hydroxyl groups is 1. The van der Waals surface area contributed by atoms with Gasteiger partial charge < -0.3 is 10.0 Å². The van der Waals surface area contributed by atoms with Crippen molar-refractivity contribution in [2.45, 2.75) is 17.7 Å². The number of phenols is 1. The molecule has 1 aromatic rings. The van der Waals surface area contributed by atoms with E-state index in [2.05, 4.69) is 16.7 Å². The lowest BCUT2D eigenvalue weighted by molar-refractivity contribution is 0.211. The molecule has 0 aromatic heterocycles. The Morgan fingerprint density at radius 2 is 2.26 bits per heavy atom. The molecular formula is C13H20N2O3S. The van der Waals surface area contributed by atoms with E-state index in [4.69, 9.17) is 0 Å². The van der Waals surface area contributed by atoms with E-state index in [9.17, 15) is 13.5 Å². The Bertz CT molecular complexity index is 530. The van der Waals surface area contributed by atoms with E-state index in [1.807, 2.05) is 0 Å². The van der Waals surface area contributed by atoms with Gasteiger partial charge in [0.1, 0.15) is 5.75 Å². The van der Waals surface area contributed by atoms with Crippen molar-refractivity contribution in [3.63, 3.8) is 0 Å². The first-order chi connectivity index (χ1) is 8.97. The number of benzene rings is 1. The zero-order valence-corrected chi connectivity index (χ0v) is 11.9. The Labute approximate surface area is 114 Å². The lowest BCUT2D eigenvalue weighted by Gasteiger charge is -2.29. The van der Waals surface area contributed by atoms with E-state index < -0.39 is 10.0 Å². The molecule has 1 heterocycles. The van der Waals surface area contributed by atoms with Crippen LogP contribution in [-0.4, -0.2) is 45.1 Å². The van der Waals surface area contributed by atoms with Gasteiger partial charge in [0.05, 0.1) is 4.90 Å². The molecule has 1 fully saturated rings. The van der Waals surface area contributed by atoms with Crippen LogP contribution in [0, 0.1) is 5.92 Å². The molecule has 1 unspecified atom stereocenters. The highest BCUT2D eigenvalue weighted by Gasteiger charge is 2.20. The number of nitrogens with one attached hydrogen (secondary N) is 1. The molecule has 2 rings (SSSR count). The Morgan fingerprint density at radius 1 is 1.47 bits per heavy atom. The smallest absolute Gasteiger partial charge is 0.240 e. The number of hydrogen-bond donors (Lipinski definition) is 2. The lowest BCUT2D eigenvalue weighted by atomic mass is 9.99. The van der Waals surface area contributed by atoms with Gasteiger partial charge in [0.25, 0.3) is 0 Å². The fraction of sp³-hybridized carbons (Fsp3) is 0.538. The molecule has 0 radical (unpaired) electrons. The van der Waals surface area contributed by atoms with Gasteiger partial charge >= 0.3 is 0 Å². The van der Waals surface area contributed by atoms with Gasteiger partial charge in [-0.3, -0.25) is 0 Å². The van der Waals surface area contributed by atoms with Crippen molar-refractivity contribution in [3.8, 4) is 5.75 Å². The summed E-state index contributed by atoms with van der Waals surface area (Å²) in [4.78, 5) is 2.33. The highest BCUT2D eigenvalue weighted by atomic mass is 32.2. The Hall–Kier alpha value is -1.11. The molecule has 0 aliphatic carbocycles. The van der Waals surface area contributed by atoms with Crippen molar-refractivity contribution in [2.24, 2.45) is 5.92 Å². The number of rotatable bonds is 4. The molecule has 5 nitrogen and oxygen atoms in total.